The van der Waals surface area contributed by atoms with Crippen molar-refractivity contribution in [2.75, 3.05) is 12.3 Å². The molecule has 0 aliphatic rings. The average Bonchev–Trinajstić information content (AvgIpc) is 2.09. The number of nitrogens with two attached hydrogens (primary N) is 1. The number of rotatable bonds is 3. The third-order valence-electron chi connectivity index (χ3n) is 1.81. The molecule has 72 valence electrons. The zero-order valence-electron chi connectivity index (χ0n) is 7.07. The van der Waals surface area contributed by atoms with Gasteiger partial charge in [0, 0.05) is 24.3 Å². The van der Waals surface area contributed by atoms with Crippen molar-refractivity contribution in [1.29, 1.82) is 0 Å². The van der Waals surface area contributed by atoms with Crippen molar-refractivity contribution >= 4 is 5.69 Å². The lowest BCUT2D eigenvalue weighted by atomic mass is 10.0. The minimum atomic E-state index is -0.902. The molecular formula is C9H12FNO2. The molecule has 1 aromatic carbocycles. The first-order chi connectivity index (χ1) is 6.15. The first-order valence-corrected chi connectivity index (χ1v) is 3.99. The number of aliphatic hydroxyl groups is 2. The Morgan fingerprint density at radius 3 is 2.77 bits per heavy atom. The molecule has 0 radical (unpaired) electrons. The maximum atomic E-state index is 12.7. The molecule has 0 bridgehead atoms. The van der Waals surface area contributed by atoms with Gasteiger partial charge in [0.25, 0.3) is 0 Å². The molecule has 1 rings (SSSR count). The highest BCUT2D eigenvalue weighted by Gasteiger charge is 2.10. The Morgan fingerprint density at radius 2 is 2.15 bits per heavy atom. The number of nitrogen functional groups attached to an aromatic ring is 1. The molecule has 0 aromatic heterocycles. The molecule has 0 aliphatic carbocycles. The highest BCUT2D eigenvalue weighted by molar-refractivity contribution is 5.47. The average molecular weight is 185 g/mol. The van der Waals surface area contributed by atoms with Gasteiger partial charge in [-0.25, -0.2) is 4.39 Å². The molecule has 0 heterocycles. The Morgan fingerprint density at radius 1 is 1.46 bits per heavy atom. The van der Waals surface area contributed by atoms with Gasteiger partial charge < -0.3 is 15.9 Å². The molecule has 0 saturated heterocycles. The second-order valence-corrected chi connectivity index (χ2v) is 2.80. The molecule has 4 heteroatoms. The van der Waals surface area contributed by atoms with Crippen LogP contribution in [0.3, 0.4) is 0 Å². The second-order valence-electron chi connectivity index (χ2n) is 2.80. The van der Waals surface area contributed by atoms with Crippen LogP contribution >= 0.6 is 0 Å². The van der Waals surface area contributed by atoms with E-state index in [4.69, 9.17) is 10.8 Å². The fraction of sp³-hybridized carbons (Fsp3) is 0.333. The van der Waals surface area contributed by atoms with Gasteiger partial charge in [-0.1, -0.05) is 0 Å². The summed E-state index contributed by atoms with van der Waals surface area (Å²) in [5.41, 5.74) is 6.18. The highest BCUT2D eigenvalue weighted by Crippen LogP contribution is 2.23. The van der Waals surface area contributed by atoms with Crippen molar-refractivity contribution in [3.05, 3.63) is 29.6 Å². The van der Waals surface area contributed by atoms with Crippen LogP contribution in [0.5, 0.6) is 0 Å². The number of aliphatic hydroxyl groups excluding tert-OH is 2. The molecule has 1 aromatic rings. The van der Waals surface area contributed by atoms with Crippen LogP contribution < -0.4 is 5.73 Å². The van der Waals surface area contributed by atoms with Crippen LogP contribution in [0.1, 0.15) is 18.1 Å². The molecule has 0 spiro atoms. The minimum Gasteiger partial charge on any atom is -0.398 e. The summed E-state index contributed by atoms with van der Waals surface area (Å²) in [6, 6.07) is 3.80. The van der Waals surface area contributed by atoms with Crippen molar-refractivity contribution in [3.63, 3.8) is 0 Å². The SMILES string of the molecule is Nc1ccc(F)cc1C(O)CCO. The predicted octanol–water partition coefficient (Wildman–Crippen LogP) is 0.824. The van der Waals surface area contributed by atoms with E-state index in [1.807, 2.05) is 0 Å². The van der Waals surface area contributed by atoms with Gasteiger partial charge in [-0.3, -0.25) is 0 Å². The van der Waals surface area contributed by atoms with Crippen LogP contribution in [0.4, 0.5) is 10.1 Å². The van der Waals surface area contributed by atoms with Gasteiger partial charge in [0.1, 0.15) is 5.82 Å². The Bertz CT molecular complexity index is 291. The zero-order valence-corrected chi connectivity index (χ0v) is 7.07. The maximum absolute atomic E-state index is 12.7. The summed E-state index contributed by atoms with van der Waals surface area (Å²) in [4.78, 5) is 0. The lowest BCUT2D eigenvalue weighted by molar-refractivity contribution is 0.134. The molecule has 13 heavy (non-hydrogen) atoms. The largest absolute Gasteiger partial charge is 0.398 e. The molecular weight excluding hydrogens is 173 g/mol. The van der Waals surface area contributed by atoms with Crippen LogP contribution in [-0.2, 0) is 0 Å². The third kappa shape index (κ3) is 2.40. The van der Waals surface area contributed by atoms with Gasteiger partial charge in [-0.2, -0.15) is 0 Å². The summed E-state index contributed by atoms with van der Waals surface area (Å²) in [5.74, 6) is -0.443. The van der Waals surface area contributed by atoms with Gasteiger partial charge in [0.2, 0.25) is 0 Å². The predicted molar refractivity (Wildman–Crippen MR) is 47.5 cm³/mol. The molecule has 1 unspecified atom stereocenters. The Balaban J connectivity index is 2.91. The smallest absolute Gasteiger partial charge is 0.123 e. The van der Waals surface area contributed by atoms with Crippen LogP contribution in [0.2, 0.25) is 0 Å². The summed E-state index contributed by atoms with van der Waals surface area (Å²) < 4.78 is 12.7. The normalized spacial score (nSPS) is 12.8. The van der Waals surface area contributed by atoms with Gasteiger partial charge in [0.15, 0.2) is 0 Å². The number of anilines is 1. The lowest BCUT2D eigenvalue weighted by Crippen LogP contribution is -2.04. The van der Waals surface area contributed by atoms with Gasteiger partial charge in [-0.15, -0.1) is 0 Å². The number of hydrogen-bond acceptors (Lipinski definition) is 3. The Kier molecular flexibility index (Phi) is 3.22. The monoisotopic (exact) mass is 185 g/mol. The van der Waals surface area contributed by atoms with E-state index in [1.165, 1.54) is 18.2 Å². The summed E-state index contributed by atoms with van der Waals surface area (Å²) in [6.07, 6.45) is -0.742. The molecule has 0 aliphatic heterocycles. The summed E-state index contributed by atoms with van der Waals surface area (Å²) in [6.45, 7) is -0.156. The molecule has 0 amide bonds. The van der Waals surface area contributed by atoms with E-state index in [9.17, 15) is 9.50 Å². The van der Waals surface area contributed by atoms with Gasteiger partial charge in [-0.05, 0) is 18.2 Å². The molecule has 4 N–H and O–H groups in total. The molecule has 0 saturated carbocycles. The van der Waals surface area contributed by atoms with Crippen molar-refractivity contribution < 1.29 is 14.6 Å². The van der Waals surface area contributed by atoms with Crippen LogP contribution in [0.25, 0.3) is 0 Å². The van der Waals surface area contributed by atoms with E-state index in [0.717, 1.165) is 0 Å². The van der Waals surface area contributed by atoms with Gasteiger partial charge in [0.05, 0.1) is 6.10 Å². The Labute approximate surface area is 75.6 Å². The Hall–Kier alpha value is -1.13. The third-order valence-corrected chi connectivity index (χ3v) is 1.81. The highest BCUT2D eigenvalue weighted by atomic mass is 19.1. The first kappa shape index (κ1) is 9.95. The van der Waals surface area contributed by atoms with Crippen LogP contribution in [-0.4, -0.2) is 16.8 Å². The molecule has 3 nitrogen and oxygen atoms in total. The summed E-state index contributed by atoms with van der Waals surface area (Å²) in [5, 5.41) is 18.0. The van der Waals surface area contributed by atoms with Crippen LogP contribution in [0.15, 0.2) is 18.2 Å². The number of halogens is 1. The fourth-order valence-corrected chi connectivity index (χ4v) is 1.11. The van der Waals surface area contributed by atoms with Crippen molar-refractivity contribution in [1.82, 2.24) is 0 Å². The lowest BCUT2D eigenvalue weighted by Gasteiger charge is -2.11. The van der Waals surface area contributed by atoms with E-state index in [0.29, 0.717) is 11.3 Å². The number of hydrogen-bond donors (Lipinski definition) is 3. The van der Waals surface area contributed by atoms with Crippen molar-refractivity contribution in [3.8, 4) is 0 Å². The van der Waals surface area contributed by atoms with Gasteiger partial charge >= 0.3 is 0 Å². The maximum Gasteiger partial charge on any atom is 0.123 e. The standard InChI is InChI=1S/C9H12FNO2/c10-6-1-2-8(11)7(5-6)9(13)3-4-12/h1-2,5,9,12-13H,3-4,11H2. The first-order valence-electron chi connectivity index (χ1n) is 3.99. The van der Waals surface area contributed by atoms with E-state index in [2.05, 4.69) is 0 Å². The molecule has 0 fully saturated rings. The van der Waals surface area contributed by atoms with Crippen molar-refractivity contribution in [2.45, 2.75) is 12.5 Å². The second kappa shape index (κ2) is 4.20. The number of benzene rings is 1. The van der Waals surface area contributed by atoms with E-state index >= 15 is 0 Å². The topological polar surface area (TPSA) is 66.5 Å². The minimum absolute atomic E-state index is 0.156. The van der Waals surface area contributed by atoms with E-state index in [1.54, 1.807) is 0 Å². The van der Waals surface area contributed by atoms with E-state index < -0.39 is 11.9 Å². The van der Waals surface area contributed by atoms with Crippen LogP contribution in [0, 0.1) is 5.82 Å². The summed E-state index contributed by atoms with van der Waals surface area (Å²) >= 11 is 0. The fourth-order valence-electron chi connectivity index (χ4n) is 1.11. The summed E-state index contributed by atoms with van der Waals surface area (Å²) in [7, 11) is 0. The van der Waals surface area contributed by atoms with Crippen molar-refractivity contribution in [2.24, 2.45) is 0 Å². The zero-order chi connectivity index (χ0) is 9.84. The quantitative estimate of drug-likeness (QED) is 0.611. The van der Waals surface area contributed by atoms with E-state index in [-0.39, 0.29) is 13.0 Å². The molecule has 1 atom stereocenters.